The Morgan fingerprint density at radius 1 is 0.862 bits per heavy atom. The third-order valence-corrected chi connectivity index (χ3v) is 6.36. The first-order valence-electron chi connectivity index (χ1n) is 10.4. The average molecular weight is 409 g/mol. The number of likely N-dealkylation sites (tertiary alicyclic amines) is 1. The number of aromatic nitrogens is 3. The lowest BCUT2D eigenvalue weighted by molar-refractivity contribution is 0.242. The van der Waals surface area contributed by atoms with Gasteiger partial charge < -0.3 is 14.6 Å². The van der Waals surface area contributed by atoms with Gasteiger partial charge in [-0.25, -0.2) is 0 Å². The lowest BCUT2D eigenvalue weighted by Crippen LogP contribution is -2.31. The van der Waals surface area contributed by atoms with Crippen molar-refractivity contribution in [2.75, 3.05) is 25.4 Å². The second-order valence-corrected chi connectivity index (χ2v) is 8.52. The normalized spacial score (nSPS) is 14.9. The summed E-state index contributed by atoms with van der Waals surface area (Å²) in [4.78, 5) is 2.55. The highest BCUT2D eigenvalue weighted by atomic mass is 32.2. The summed E-state index contributed by atoms with van der Waals surface area (Å²) >= 11 is 1.76. The smallest absolute Gasteiger partial charge is 0.191 e. The van der Waals surface area contributed by atoms with Crippen LogP contribution in [0.25, 0.3) is 11.4 Å². The summed E-state index contributed by atoms with van der Waals surface area (Å²) in [6.45, 7) is 4.30. The van der Waals surface area contributed by atoms with Crippen molar-refractivity contribution in [1.82, 2.24) is 19.7 Å². The molecule has 152 valence electrons. The summed E-state index contributed by atoms with van der Waals surface area (Å²) in [6, 6.07) is 17.8. The van der Waals surface area contributed by atoms with Crippen LogP contribution in [-0.4, -0.2) is 50.2 Å². The Morgan fingerprint density at radius 2 is 1.62 bits per heavy atom. The average Bonchev–Trinajstić information content (AvgIpc) is 3.16. The van der Waals surface area contributed by atoms with E-state index in [1.54, 1.807) is 17.8 Å². The SMILES string of the molecule is Oc1ccccc1-c1nnc(SCCN2CCCCC2)n1CCc1ccccc1. The van der Waals surface area contributed by atoms with Gasteiger partial charge in [0.1, 0.15) is 5.75 Å². The van der Waals surface area contributed by atoms with Crippen LogP contribution in [-0.2, 0) is 13.0 Å². The van der Waals surface area contributed by atoms with E-state index in [0.29, 0.717) is 0 Å². The molecule has 0 amide bonds. The molecular formula is C23H28N4OS. The van der Waals surface area contributed by atoms with E-state index >= 15 is 0 Å². The topological polar surface area (TPSA) is 54.2 Å². The van der Waals surface area contributed by atoms with Crippen molar-refractivity contribution >= 4 is 11.8 Å². The number of rotatable bonds is 8. The highest BCUT2D eigenvalue weighted by Crippen LogP contribution is 2.30. The van der Waals surface area contributed by atoms with Gasteiger partial charge >= 0.3 is 0 Å². The van der Waals surface area contributed by atoms with Gasteiger partial charge in [0, 0.05) is 18.8 Å². The number of aromatic hydroxyl groups is 1. The zero-order valence-electron chi connectivity index (χ0n) is 16.7. The number of aryl methyl sites for hydroxylation is 1. The molecule has 1 N–H and O–H groups in total. The number of phenolic OH excluding ortho intramolecular Hbond substituents is 1. The number of benzene rings is 2. The molecule has 4 rings (SSSR count). The third kappa shape index (κ3) is 5.19. The molecule has 1 fully saturated rings. The fourth-order valence-electron chi connectivity index (χ4n) is 3.79. The van der Waals surface area contributed by atoms with Gasteiger partial charge in [-0.2, -0.15) is 0 Å². The molecule has 6 heteroatoms. The molecule has 0 aliphatic carbocycles. The van der Waals surface area contributed by atoms with E-state index in [4.69, 9.17) is 0 Å². The molecule has 2 aromatic carbocycles. The van der Waals surface area contributed by atoms with Gasteiger partial charge in [0.2, 0.25) is 0 Å². The molecule has 3 aromatic rings. The van der Waals surface area contributed by atoms with E-state index in [1.807, 2.05) is 24.3 Å². The highest BCUT2D eigenvalue weighted by molar-refractivity contribution is 7.99. The number of phenols is 1. The Balaban J connectivity index is 1.51. The minimum atomic E-state index is 0.241. The summed E-state index contributed by atoms with van der Waals surface area (Å²) in [5, 5.41) is 20.2. The number of thioether (sulfide) groups is 1. The minimum Gasteiger partial charge on any atom is -0.507 e. The maximum Gasteiger partial charge on any atom is 0.191 e. The van der Waals surface area contributed by atoms with Crippen LogP contribution in [0.1, 0.15) is 24.8 Å². The highest BCUT2D eigenvalue weighted by Gasteiger charge is 2.17. The monoisotopic (exact) mass is 408 g/mol. The van der Waals surface area contributed by atoms with Gasteiger partial charge in [-0.05, 0) is 50.0 Å². The fourth-order valence-corrected chi connectivity index (χ4v) is 4.76. The van der Waals surface area contributed by atoms with Gasteiger partial charge in [0.15, 0.2) is 11.0 Å². The first kappa shape index (κ1) is 20.0. The molecule has 1 aliphatic rings. The van der Waals surface area contributed by atoms with Crippen LogP contribution < -0.4 is 0 Å². The van der Waals surface area contributed by atoms with Crippen molar-refractivity contribution in [1.29, 1.82) is 0 Å². The van der Waals surface area contributed by atoms with Crippen molar-refractivity contribution < 1.29 is 5.11 Å². The maximum absolute atomic E-state index is 10.3. The molecule has 0 spiro atoms. The quantitative estimate of drug-likeness (QED) is 0.557. The number of hydrogen-bond acceptors (Lipinski definition) is 5. The molecule has 0 unspecified atom stereocenters. The van der Waals surface area contributed by atoms with Gasteiger partial charge in [0.05, 0.1) is 5.56 Å². The van der Waals surface area contributed by atoms with Crippen molar-refractivity contribution in [3.8, 4) is 17.1 Å². The Morgan fingerprint density at radius 3 is 2.41 bits per heavy atom. The third-order valence-electron chi connectivity index (χ3n) is 5.42. The summed E-state index contributed by atoms with van der Waals surface area (Å²) in [5.74, 6) is 1.98. The Labute approximate surface area is 176 Å². The lowest BCUT2D eigenvalue weighted by atomic mass is 10.1. The second kappa shape index (κ2) is 9.94. The predicted octanol–water partition coefficient (Wildman–Crippen LogP) is 4.47. The van der Waals surface area contributed by atoms with Crippen molar-refractivity contribution in [3.63, 3.8) is 0 Å². The van der Waals surface area contributed by atoms with E-state index in [2.05, 4.69) is 43.9 Å². The van der Waals surface area contributed by atoms with Crippen LogP contribution >= 0.6 is 11.8 Å². The van der Waals surface area contributed by atoms with Crippen LogP contribution in [0.4, 0.5) is 0 Å². The van der Waals surface area contributed by atoms with Crippen LogP contribution in [0.5, 0.6) is 5.75 Å². The van der Waals surface area contributed by atoms with E-state index in [1.165, 1.54) is 37.9 Å². The maximum atomic E-state index is 10.3. The summed E-state index contributed by atoms with van der Waals surface area (Å²) < 4.78 is 2.16. The van der Waals surface area contributed by atoms with Gasteiger partial charge in [-0.3, -0.25) is 0 Å². The minimum absolute atomic E-state index is 0.241. The Kier molecular flexibility index (Phi) is 6.85. The fraction of sp³-hybridized carbons (Fsp3) is 0.391. The number of para-hydroxylation sites is 1. The molecule has 1 saturated heterocycles. The van der Waals surface area contributed by atoms with E-state index in [9.17, 15) is 5.11 Å². The predicted molar refractivity (Wildman–Crippen MR) is 118 cm³/mol. The molecule has 1 aliphatic heterocycles. The summed E-state index contributed by atoms with van der Waals surface area (Å²) in [7, 11) is 0. The van der Waals surface area contributed by atoms with Gasteiger partial charge in [-0.1, -0.05) is 60.6 Å². The van der Waals surface area contributed by atoms with Crippen LogP contribution in [0.15, 0.2) is 59.8 Å². The largest absolute Gasteiger partial charge is 0.507 e. The van der Waals surface area contributed by atoms with Gasteiger partial charge in [-0.15, -0.1) is 10.2 Å². The molecule has 0 bridgehead atoms. The molecular weight excluding hydrogens is 380 g/mol. The van der Waals surface area contributed by atoms with E-state index in [0.717, 1.165) is 41.8 Å². The zero-order chi connectivity index (χ0) is 19.9. The summed E-state index contributed by atoms with van der Waals surface area (Å²) in [5.41, 5.74) is 2.02. The molecule has 2 heterocycles. The standard InChI is InChI=1S/C23H28N4OS/c28-21-12-6-5-11-20(21)22-24-25-23(29-18-17-26-14-7-2-8-15-26)27(22)16-13-19-9-3-1-4-10-19/h1,3-6,9-12,28H,2,7-8,13-18H2. The first-order chi connectivity index (χ1) is 14.3. The van der Waals surface area contributed by atoms with Crippen LogP contribution in [0.3, 0.4) is 0 Å². The molecule has 0 atom stereocenters. The number of piperidine rings is 1. The lowest BCUT2D eigenvalue weighted by Gasteiger charge is -2.25. The van der Waals surface area contributed by atoms with Crippen molar-refractivity contribution in [2.45, 2.75) is 37.4 Å². The molecule has 0 saturated carbocycles. The molecule has 0 radical (unpaired) electrons. The van der Waals surface area contributed by atoms with E-state index < -0.39 is 0 Å². The van der Waals surface area contributed by atoms with Crippen LogP contribution in [0.2, 0.25) is 0 Å². The van der Waals surface area contributed by atoms with Crippen LogP contribution in [0, 0.1) is 0 Å². The molecule has 1 aromatic heterocycles. The Bertz CT molecular complexity index is 906. The second-order valence-electron chi connectivity index (χ2n) is 7.46. The van der Waals surface area contributed by atoms with E-state index in [-0.39, 0.29) is 5.75 Å². The van der Waals surface area contributed by atoms with Gasteiger partial charge in [0.25, 0.3) is 0 Å². The molecule has 5 nitrogen and oxygen atoms in total. The number of nitrogens with zero attached hydrogens (tertiary/aromatic N) is 4. The van der Waals surface area contributed by atoms with Crippen molar-refractivity contribution in [3.05, 3.63) is 60.2 Å². The molecule has 29 heavy (non-hydrogen) atoms. The number of hydrogen-bond donors (Lipinski definition) is 1. The Hall–Kier alpha value is -2.31. The zero-order valence-corrected chi connectivity index (χ0v) is 17.5. The first-order valence-corrected chi connectivity index (χ1v) is 11.4. The van der Waals surface area contributed by atoms with Crippen molar-refractivity contribution in [2.24, 2.45) is 0 Å². The summed E-state index contributed by atoms with van der Waals surface area (Å²) in [6.07, 6.45) is 4.89.